The second kappa shape index (κ2) is 2.67. The van der Waals surface area contributed by atoms with Crippen LogP contribution in [0.1, 0.15) is 12.8 Å². The van der Waals surface area contributed by atoms with E-state index in [0.29, 0.717) is 12.6 Å². The second-order valence-electron chi connectivity index (χ2n) is 2.16. The van der Waals surface area contributed by atoms with Gasteiger partial charge in [0.2, 0.25) is 0 Å². The first-order chi connectivity index (χ1) is 3.84. The fourth-order valence-corrected chi connectivity index (χ4v) is 1.33. The van der Waals surface area contributed by atoms with Gasteiger partial charge in [-0.15, -0.1) is 0 Å². The van der Waals surface area contributed by atoms with E-state index in [4.69, 9.17) is 17.5 Å². The van der Waals surface area contributed by atoms with Crippen LogP contribution in [0.4, 0.5) is 0 Å². The molecule has 48 valence electrons. The maximum absolute atomic E-state index is 5.73. The van der Waals surface area contributed by atoms with Crippen molar-refractivity contribution in [2.75, 3.05) is 13.1 Å². The molecule has 0 radical (unpaired) electrons. The van der Waals surface area contributed by atoms with Crippen molar-refractivity contribution < 1.29 is 0 Å². The minimum atomic E-state index is 0.441. The zero-order valence-electron chi connectivity index (χ0n) is 4.81. The Labute approximate surface area is 54.7 Å². The zero-order valence-corrected chi connectivity index (χ0v) is 5.56. The number of halogens is 1. The third-order valence-electron chi connectivity index (χ3n) is 1.58. The first-order valence-corrected chi connectivity index (χ1v) is 3.31. The van der Waals surface area contributed by atoms with Crippen LogP contribution in [0.2, 0.25) is 0 Å². The molecule has 0 saturated carbocycles. The van der Waals surface area contributed by atoms with Crippen LogP contribution in [-0.2, 0) is 0 Å². The molecule has 0 aromatic carbocycles. The highest BCUT2D eigenvalue weighted by Crippen LogP contribution is 2.17. The molecule has 0 bridgehead atoms. The van der Waals surface area contributed by atoms with Crippen molar-refractivity contribution in [3.8, 4) is 0 Å². The summed E-state index contributed by atoms with van der Waals surface area (Å²) in [4.78, 5) is 0. The predicted molar refractivity (Wildman–Crippen MR) is 34.6 cm³/mol. The summed E-state index contributed by atoms with van der Waals surface area (Å²) in [6.45, 7) is 1.70. The van der Waals surface area contributed by atoms with Gasteiger partial charge in [-0.2, -0.15) is 0 Å². The van der Waals surface area contributed by atoms with E-state index < -0.39 is 0 Å². The number of hydrogen-bond donors (Lipinski definition) is 1. The first-order valence-electron chi connectivity index (χ1n) is 2.97. The Morgan fingerprint density at radius 2 is 2.50 bits per heavy atom. The molecule has 2 N–H and O–H groups in total. The van der Waals surface area contributed by atoms with Crippen LogP contribution in [0.15, 0.2) is 0 Å². The summed E-state index contributed by atoms with van der Waals surface area (Å²) < 4.78 is 1.81. The van der Waals surface area contributed by atoms with Gasteiger partial charge in [0.05, 0.1) is 0 Å². The van der Waals surface area contributed by atoms with Gasteiger partial charge >= 0.3 is 0 Å². The van der Waals surface area contributed by atoms with Crippen LogP contribution in [0.5, 0.6) is 0 Å². The average Bonchev–Trinajstić information content (AvgIpc) is 2.14. The number of nitrogens with two attached hydrogens (primary N) is 1. The summed E-state index contributed by atoms with van der Waals surface area (Å²) in [5, 5.41) is 0. The molecule has 2 nitrogen and oxygen atoms in total. The molecule has 0 amide bonds. The molecule has 1 aliphatic heterocycles. The highest BCUT2D eigenvalue weighted by Gasteiger charge is 2.20. The van der Waals surface area contributed by atoms with Gasteiger partial charge in [0.15, 0.2) is 0 Å². The summed E-state index contributed by atoms with van der Waals surface area (Å²) in [7, 11) is 0. The Bertz CT molecular complexity index is 76.8. The smallest absolute Gasteiger partial charge is 0.0374 e. The van der Waals surface area contributed by atoms with Gasteiger partial charge in [-0.25, -0.2) is 4.42 Å². The molecule has 8 heavy (non-hydrogen) atoms. The lowest BCUT2D eigenvalue weighted by molar-refractivity contribution is 0.429. The van der Waals surface area contributed by atoms with Crippen molar-refractivity contribution in [1.82, 2.24) is 4.42 Å². The van der Waals surface area contributed by atoms with Crippen molar-refractivity contribution in [2.45, 2.75) is 18.9 Å². The lowest BCUT2D eigenvalue weighted by atomic mass is 10.2. The molecule has 1 aliphatic rings. The van der Waals surface area contributed by atoms with E-state index in [2.05, 4.69) is 0 Å². The topological polar surface area (TPSA) is 29.3 Å². The van der Waals surface area contributed by atoms with E-state index in [1.54, 1.807) is 4.42 Å². The highest BCUT2D eigenvalue weighted by atomic mass is 35.5. The third kappa shape index (κ3) is 1.13. The van der Waals surface area contributed by atoms with Gasteiger partial charge < -0.3 is 5.73 Å². The van der Waals surface area contributed by atoms with Crippen molar-refractivity contribution in [3.63, 3.8) is 0 Å². The normalized spacial score (nSPS) is 31.5. The van der Waals surface area contributed by atoms with Crippen LogP contribution < -0.4 is 5.73 Å². The van der Waals surface area contributed by atoms with E-state index in [1.807, 2.05) is 0 Å². The predicted octanol–water partition coefficient (Wildman–Crippen LogP) is 0.563. The van der Waals surface area contributed by atoms with Gasteiger partial charge in [0.25, 0.3) is 0 Å². The van der Waals surface area contributed by atoms with Crippen molar-refractivity contribution in [2.24, 2.45) is 5.73 Å². The minimum Gasteiger partial charge on any atom is -0.329 e. The molecular formula is C5H11ClN2. The van der Waals surface area contributed by atoms with Gasteiger partial charge in [0.1, 0.15) is 0 Å². The van der Waals surface area contributed by atoms with E-state index >= 15 is 0 Å². The quantitative estimate of drug-likeness (QED) is 0.532. The number of hydrogen-bond acceptors (Lipinski definition) is 2. The molecule has 0 spiro atoms. The van der Waals surface area contributed by atoms with E-state index in [9.17, 15) is 0 Å². The summed E-state index contributed by atoms with van der Waals surface area (Å²) >= 11 is 5.73. The van der Waals surface area contributed by atoms with Gasteiger partial charge in [0, 0.05) is 19.1 Å². The summed E-state index contributed by atoms with van der Waals surface area (Å²) in [5.74, 6) is 0. The molecule has 1 atom stereocenters. The summed E-state index contributed by atoms with van der Waals surface area (Å²) in [6.07, 6.45) is 2.37. The van der Waals surface area contributed by atoms with Crippen LogP contribution in [0.25, 0.3) is 0 Å². The van der Waals surface area contributed by atoms with Crippen molar-refractivity contribution >= 4 is 11.8 Å². The Balaban J connectivity index is 2.30. The molecule has 1 saturated heterocycles. The number of nitrogens with zero attached hydrogens (tertiary/aromatic N) is 1. The largest absolute Gasteiger partial charge is 0.329 e. The van der Waals surface area contributed by atoms with Gasteiger partial charge in [-0.1, -0.05) is 0 Å². The van der Waals surface area contributed by atoms with Crippen LogP contribution in [0, 0.1) is 0 Å². The second-order valence-corrected chi connectivity index (χ2v) is 2.59. The van der Waals surface area contributed by atoms with Crippen LogP contribution >= 0.6 is 11.8 Å². The van der Waals surface area contributed by atoms with Gasteiger partial charge in [-0.05, 0) is 24.6 Å². The van der Waals surface area contributed by atoms with E-state index in [-0.39, 0.29) is 0 Å². The Kier molecular flexibility index (Phi) is 2.11. The van der Waals surface area contributed by atoms with Gasteiger partial charge in [-0.3, -0.25) is 0 Å². The fraction of sp³-hybridized carbons (Fsp3) is 1.00. The lowest BCUT2D eigenvalue weighted by Gasteiger charge is -2.12. The van der Waals surface area contributed by atoms with Crippen LogP contribution in [-0.4, -0.2) is 23.6 Å². The Morgan fingerprint density at radius 3 is 2.75 bits per heavy atom. The SMILES string of the molecule is NCC1CCCN1Cl. The van der Waals surface area contributed by atoms with Crippen molar-refractivity contribution in [1.29, 1.82) is 0 Å². The Hall–Kier alpha value is 0.210. The monoisotopic (exact) mass is 134 g/mol. The molecule has 0 aliphatic carbocycles. The summed E-state index contributed by atoms with van der Waals surface area (Å²) in [5.41, 5.74) is 5.40. The summed E-state index contributed by atoms with van der Waals surface area (Å²) in [6, 6.07) is 0.441. The fourth-order valence-electron chi connectivity index (χ4n) is 1.03. The molecule has 1 unspecified atom stereocenters. The average molecular weight is 135 g/mol. The Morgan fingerprint density at radius 1 is 1.75 bits per heavy atom. The molecule has 1 fully saturated rings. The standard InChI is InChI=1S/C5H11ClN2/c6-8-3-1-2-5(8)4-7/h5H,1-4,7H2. The maximum atomic E-state index is 5.73. The first kappa shape index (κ1) is 6.33. The maximum Gasteiger partial charge on any atom is 0.0374 e. The zero-order chi connectivity index (χ0) is 5.98. The molecule has 1 heterocycles. The third-order valence-corrected chi connectivity index (χ3v) is 2.02. The molecule has 0 aromatic rings. The van der Waals surface area contributed by atoms with E-state index in [1.165, 1.54) is 12.8 Å². The molecular weight excluding hydrogens is 124 g/mol. The van der Waals surface area contributed by atoms with Crippen molar-refractivity contribution in [3.05, 3.63) is 0 Å². The molecule has 0 aromatic heterocycles. The minimum absolute atomic E-state index is 0.441. The molecule has 3 heteroatoms. The highest BCUT2D eigenvalue weighted by molar-refractivity contribution is 6.13. The number of rotatable bonds is 1. The lowest BCUT2D eigenvalue weighted by Crippen LogP contribution is -2.28. The van der Waals surface area contributed by atoms with Crippen LogP contribution in [0.3, 0.4) is 0 Å². The van der Waals surface area contributed by atoms with E-state index in [0.717, 1.165) is 6.54 Å². The molecule has 1 rings (SSSR count).